The number of carbonyl (C=O) groups excluding carboxylic acids is 4. The van der Waals surface area contributed by atoms with Crippen molar-refractivity contribution in [1.29, 1.82) is 0 Å². The summed E-state index contributed by atoms with van der Waals surface area (Å²) >= 11 is 0. The Kier molecular flexibility index (Phi) is 7.73. The Morgan fingerprint density at radius 2 is 2.00 bits per heavy atom. The molecule has 1 aliphatic heterocycles. The second-order valence-corrected chi connectivity index (χ2v) is 5.34. The molecule has 1 atom stereocenters. The molecule has 1 fully saturated rings. The highest BCUT2D eigenvalue weighted by atomic mass is 16.5. The van der Waals surface area contributed by atoms with Crippen LogP contribution in [0.4, 0.5) is 0 Å². The molecule has 0 aromatic heterocycles. The minimum atomic E-state index is -0.283. The van der Waals surface area contributed by atoms with Gasteiger partial charge in [0.25, 0.3) is 0 Å². The van der Waals surface area contributed by atoms with Crippen LogP contribution >= 0.6 is 0 Å². The summed E-state index contributed by atoms with van der Waals surface area (Å²) in [6.07, 6.45) is 1.22. The number of nitrogens with zero attached hydrogens (tertiary/aromatic N) is 1. The molecular formula is C15H24N2O5. The SMILES string of the molecule is CCC(=O)CCOCCNC(=O)CCN1C(=O)CC(C)C1=O. The zero-order valence-electron chi connectivity index (χ0n) is 13.2. The summed E-state index contributed by atoms with van der Waals surface area (Å²) in [5.74, 6) is -0.780. The Morgan fingerprint density at radius 3 is 2.59 bits per heavy atom. The third-order valence-corrected chi connectivity index (χ3v) is 3.52. The molecule has 0 saturated carbocycles. The molecule has 22 heavy (non-hydrogen) atoms. The molecule has 3 amide bonds. The zero-order valence-corrected chi connectivity index (χ0v) is 13.2. The van der Waals surface area contributed by atoms with E-state index in [-0.39, 0.29) is 48.8 Å². The molecule has 0 spiro atoms. The lowest BCUT2D eigenvalue weighted by Gasteiger charge is -2.14. The average Bonchev–Trinajstić information content (AvgIpc) is 2.73. The van der Waals surface area contributed by atoms with E-state index in [9.17, 15) is 19.2 Å². The molecule has 0 radical (unpaired) electrons. The van der Waals surface area contributed by atoms with Crippen molar-refractivity contribution < 1.29 is 23.9 Å². The molecule has 124 valence electrons. The minimum absolute atomic E-state index is 0.0958. The van der Waals surface area contributed by atoms with E-state index in [2.05, 4.69) is 5.32 Å². The van der Waals surface area contributed by atoms with Gasteiger partial charge in [0.05, 0.1) is 13.2 Å². The second kappa shape index (κ2) is 9.30. The Labute approximate surface area is 130 Å². The highest BCUT2D eigenvalue weighted by Crippen LogP contribution is 2.18. The largest absolute Gasteiger partial charge is 0.379 e. The molecule has 0 aromatic carbocycles. The van der Waals surface area contributed by atoms with E-state index in [1.165, 1.54) is 0 Å². The molecule has 1 unspecified atom stereocenters. The van der Waals surface area contributed by atoms with E-state index in [0.717, 1.165) is 4.90 Å². The maximum atomic E-state index is 11.7. The molecule has 7 heteroatoms. The molecule has 1 saturated heterocycles. The van der Waals surface area contributed by atoms with Crippen LogP contribution in [0.1, 0.15) is 39.5 Å². The number of hydrogen-bond donors (Lipinski definition) is 1. The van der Waals surface area contributed by atoms with Crippen LogP contribution in [-0.2, 0) is 23.9 Å². The van der Waals surface area contributed by atoms with Crippen molar-refractivity contribution >= 4 is 23.5 Å². The van der Waals surface area contributed by atoms with E-state index < -0.39 is 0 Å². The zero-order chi connectivity index (χ0) is 16.5. The van der Waals surface area contributed by atoms with E-state index in [0.29, 0.717) is 32.6 Å². The topological polar surface area (TPSA) is 92.8 Å². The maximum Gasteiger partial charge on any atom is 0.232 e. The van der Waals surface area contributed by atoms with Crippen molar-refractivity contribution in [3.63, 3.8) is 0 Å². The van der Waals surface area contributed by atoms with Crippen molar-refractivity contribution in [2.24, 2.45) is 5.92 Å². The summed E-state index contributed by atoms with van der Waals surface area (Å²) in [6, 6.07) is 0. The quantitative estimate of drug-likeness (QED) is 0.462. The Morgan fingerprint density at radius 1 is 1.27 bits per heavy atom. The van der Waals surface area contributed by atoms with Crippen LogP contribution in [0.2, 0.25) is 0 Å². The number of ether oxygens (including phenoxy) is 1. The molecular weight excluding hydrogens is 288 g/mol. The predicted octanol–water partition coefficient (Wildman–Crippen LogP) is 0.274. The minimum Gasteiger partial charge on any atom is -0.379 e. The molecule has 7 nitrogen and oxygen atoms in total. The maximum absolute atomic E-state index is 11.7. The van der Waals surface area contributed by atoms with Gasteiger partial charge in [-0.25, -0.2) is 0 Å². The number of carbonyl (C=O) groups is 4. The second-order valence-electron chi connectivity index (χ2n) is 5.34. The molecule has 1 N–H and O–H groups in total. The first-order valence-electron chi connectivity index (χ1n) is 7.66. The van der Waals surface area contributed by atoms with Gasteiger partial charge in [0.2, 0.25) is 17.7 Å². The van der Waals surface area contributed by atoms with E-state index in [1.54, 1.807) is 13.8 Å². The molecule has 0 aliphatic carbocycles. The van der Waals surface area contributed by atoms with Crippen LogP contribution in [-0.4, -0.2) is 54.7 Å². The van der Waals surface area contributed by atoms with Gasteiger partial charge in [0.15, 0.2) is 0 Å². The van der Waals surface area contributed by atoms with Gasteiger partial charge in [-0.3, -0.25) is 24.1 Å². The number of Topliss-reactive ketones (excluding diaryl/α,β-unsaturated/α-hetero) is 1. The number of imide groups is 1. The smallest absolute Gasteiger partial charge is 0.232 e. The average molecular weight is 312 g/mol. The van der Waals surface area contributed by atoms with E-state index in [4.69, 9.17) is 4.74 Å². The fourth-order valence-corrected chi connectivity index (χ4v) is 2.11. The van der Waals surface area contributed by atoms with Gasteiger partial charge in [0.1, 0.15) is 5.78 Å². The van der Waals surface area contributed by atoms with Gasteiger partial charge >= 0.3 is 0 Å². The van der Waals surface area contributed by atoms with Crippen molar-refractivity contribution in [2.75, 3.05) is 26.3 Å². The first-order valence-corrected chi connectivity index (χ1v) is 7.66. The van der Waals surface area contributed by atoms with E-state index >= 15 is 0 Å². The predicted molar refractivity (Wildman–Crippen MR) is 78.9 cm³/mol. The molecule has 1 rings (SSSR count). The highest BCUT2D eigenvalue weighted by Gasteiger charge is 2.35. The lowest BCUT2D eigenvalue weighted by Crippen LogP contribution is -2.35. The fraction of sp³-hybridized carbons (Fsp3) is 0.733. The number of nitrogens with one attached hydrogen (secondary N) is 1. The number of ketones is 1. The molecule has 1 aliphatic rings. The lowest BCUT2D eigenvalue weighted by atomic mass is 10.1. The van der Waals surface area contributed by atoms with Crippen LogP contribution in [0.15, 0.2) is 0 Å². The Bertz CT molecular complexity index is 436. The van der Waals surface area contributed by atoms with Crippen LogP contribution in [0, 0.1) is 5.92 Å². The van der Waals surface area contributed by atoms with Gasteiger partial charge in [-0.2, -0.15) is 0 Å². The Hall–Kier alpha value is -1.76. The van der Waals surface area contributed by atoms with E-state index in [1.807, 2.05) is 0 Å². The fourth-order valence-electron chi connectivity index (χ4n) is 2.11. The summed E-state index contributed by atoms with van der Waals surface area (Å²) < 4.78 is 5.23. The van der Waals surface area contributed by atoms with Gasteiger partial charge in [0, 0.05) is 44.7 Å². The van der Waals surface area contributed by atoms with Crippen molar-refractivity contribution in [3.05, 3.63) is 0 Å². The number of amides is 3. The van der Waals surface area contributed by atoms with Gasteiger partial charge in [-0.15, -0.1) is 0 Å². The third-order valence-electron chi connectivity index (χ3n) is 3.52. The summed E-state index contributed by atoms with van der Waals surface area (Å²) in [5.41, 5.74) is 0. The first kappa shape index (κ1) is 18.3. The molecule has 0 aromatic rings. The van der Waals surface area contributed by atoms with Crippen LogP contribution in [0.5, 0.6) is 0 Å². The van der Waals surface area contributed by atoms with Gasteiger partial charge in [-0.1, -0.05) is 13.8 Å². The van der Waals surface area contributed by atoms with Crippen LogP contribution in [0.3, 0.4) is 0 Å². The lowest BCUT2D eigenvalue weighted by molar-refractivity contribution is -0.139. The standard InChI is InChI=1S/C15H24N2O5/c1-3-12(18)5-8-22-9-6-16-13(19)4-7-17-14(20)10-11(2)15(17)21/h11H,3-10H2,1-2H3,(H,16,19). The number of rotatable bonds is 10. The number of likely N-dealkylation sites (tertiary alicyclic amines) is 1. The van der Waals surface area contributed by atoms with Crippen molar-refractivity contribution in [1.82, 2.24) is 10.2 Å². The van der Waals surface area contributed by atoms with Crippen LogP contribution < -0.4 is 5.32 Å². The van der Waals surface area contributed by atoms with Crippen molar-refractivity contribution in [3.8, 4) is 0 Å². The highest BCUT2D eigenvalue weighted by molar-refractivity contribution is 6.03. The summed E-state index contributed by atoms with van der Waals surface area (Å²) in [4.78, 5) is 47.0. The molecule has 0 bridgehead atoms. The molecule has 1 heterocycles. The third kappa shape index (κ3) is 5.93. The summed E-state index contributed by atoms with van der Waals surface area (Å²) in [5, 5.41) is 2.65. The summed E-state index contributed by atoms with van der Waals surface area (Å²) in [6.45, 7) is 4.68. The normalized spacial score (nSPS) is 17.9. The van der Waals surface area contributed by atoms with Crippen LogP contribution in [0.25, 0.3) is 0 Å². The first-order chi connectivity index (χ1) is 10.5. The number of hydrogen-bond acceptors (Lipinski definition) is 5. The summed E-state index contributed by atoms with van der Waals surface area (Å²) in [7, 11) is 0. The van der Waals surface area contributed by atoms with Gasteiger partial charge in [-0.05, 0) is 0 Å². The van der Waals surface area contributed by atoms with Crippen molar-refractivity contribution in [2.45, 2.75) is 39.5 Å². The monoisotopic (exact) mass is 312 g/mol. The Balaban J connectivity index is 2.08. The van der Waals surface area contributed by atoms with Gasteiger partial charge < -0.3 is 10.1 Å².